The molecule has 0 bridgehead atoms. The Morgan fingerprint density at radius 3 is 2.33 bits per heavy atom. The third kappa shape index (κ3) is 4.67. The smallest absolute Gasteiger partial charge is 0.337 e. The van der Waals surface area contributed by atoms with E-state index >= 15 is 0 Å². The lowest BCUT2D eigenvalue weighted by atomic mass is 9.78. The molecule has 1 aliphatic rings. The monoisotopic (exact) mass is 413 g/mol. The zero-order valence-corrected chi connectivity index (χ0v) is 16.8. The number of halogens is 1. The van der Waals surface area contributed by atoms with Crippen LogP contribution in [0.4, 0.5) is 4.39 Å². The zero-order valence-electron chi connectivity index (χ0n) is 16.8. The lowest BCUT2D eigenvalue weighted by Gasteiger charge is -2.27. The number of carbonyl (C=O) groups excluding carboxylic acids is 3. The van der Waals surface area contributed by atoms with Gasteiger partial charge in [0.2, 0.25) is 0 Å². The fourth-order valence-corrected chi connectivity index (χ4v) is 3.81. The third-order valence-corrected chi connectivity index (χ3v) is 5.44. The Labute approximate surface area is 174 Å². The number of nitrogens with one attached hydrogen (secondary N) is 1. The van der Waals surface area contributed by atoms with Gasteiger partial charge in [0.15, 0.2) is 6.61 Å². The van der Waals surface area contributed by atoms with Crippen molar-refractivity contribution in [2.75, 3.05) is 13.7 Å². The van der Waals surface area contributed by atoms with Crippen LogP contribution in [-0.4, -0.2) is 31.6 Å². The fourth-order valence-electron chi connectivity index (χ4n) is 3.81. The number of amides is 1. The molecule has 1 saturated carbocycles. The Kier molecular flexibility index (Phi) is 6.82. The highest BCUT2D eigenvalue weighted by Gasteiger charge is 2.45. The molecule has 2 aromatic rings. The first-order valence-corrected chi connectivity index (χ1v) is 9.82. The van der Waals surface area contributed by atoms with Crippen molar-refractivity contribution in [3.8, 4) is 0 Å². The highest BCUT2D eigenvalue weighted by molar-refractivity contribution is 5.89. The van der Waals surface area contributed by atoms with Crippen LogP contribution in [0.5, 0.6) is 0 Å². The van der Waals surface area contributed by atoms with E-state index in [9.17, 15) is 18.8 Å². The van der Waals surface area contributed by atoms with Gasteiger partial charge in [0.1, 0.15) is 5.82 Å². The van der Waals surface area contributed by atoms with Crippen LogP contribution in [0.25, 0.3) is 0 Å². The summed E-state index contributed by atoms with van der Waals surface area (Å²) < 4.78 is 24.3. The minimum atomic E-state index is -1.03. The van der Waals surface area contributed by atoms with Crippen molar-refractivity contribution in [1.82, 2.24) is 5.32 Å². The molecule has 0 aromatic heterocycles. The Hall–Kier alpha value is -3.22. The second kappa shape index (κ2) is 9.52. The Bertz CT molecular complexity index is 919. The molecule has 0 unspecified atom stereocenters. The normalized spacial score (nSPS) is 14.7. The second-order valence-electron chi connectivity index (χ2n) is 7.31. The average Bonchev–Trinajstić information content (AvgIpc) is 3.27. The van der Waals surface area contributed by atoms with Crippen molar-refractivity contribution < 1.29 is 28.2 Å². The van der Waals surface area contributed by atoms with E-state index in [1.807, 2.05) is 0 Å². The highest BCUT2D eigenvalue weighted by Crippen LogP contribution is 2.43. The second-order valence-corrected chi connectivity index (χ2v) is 7.31. The van der Waals surface area contributed by atoms with Gasteiger partial charge in [0.25, 0.3) is 5.91 Å². The van der Waals surface area contributed by atoms with Crippen LogP contribution in [0, 0.1) is 5.82 Å². The van der Waals surface area contributed by atoms with E-state index in [1.54, 1.807) is 42.5 Å². The fraction of sp³-hybridized carbons (Fsp3) is 0.348. The van der Waals surface area contributed by atoms with Crippen LogP contribution in [0.1, 0.15) is 47.2 Å². The van der Waals surface area contributed by atoms with Crippen molar-refractivity contribution in [3.63, 3.8) is 0 Å². The van der Waals surface area contributed by atoms with Crippen molar-refractivity contribution in [3.05, 3.63) is 71.0 Å². The summed E-state index contributed by atoms with van der Waals surface area (Å²) in [6, 6.07) is 12.8. The summed E-state index contributed by atoms with van der Waals surface area (Å²) in [6.07, 6.45) is 2.61. The summed E-state index contributed by atoms with van der Waals surface area (Å²) in [7, 11) is 1.31. The molecule has 158 valence electrons. The molecule has 0 atom stereocenters. The number of benzene rings is 2. The largest absolute Gasteiger partial charge is 0.465 e. The number of ether oxygens (including phenoxy) is 2. The van der Waals surface area contributed by atoms with E-state index in [-0.39, 0.29) is 6.54 Å². The van der Waals surface area contributed by atoms with E-state index in [0.29, 0.717) is 24.0 Å². The number of hydrogen-bond donors (Lipinski definition) is 1. The Morgan fingerprint density at radius 2 is 1.70 bits per heavy atom. The molecule has 7 heteroatoms. The van der Waals surface area contributed by atoms with Crippen LogP contribution in [0.15, 0.2) is 48.5 Å². The minimum absolute atomic E-state index is 0.219. The zero-order chi connectivity index (χ0) is 21.6. The van der Waals surface area contributed by atoms with Gasteiger partial charge >= 0.3 is 11.9 Å². The van der Waals surface area contributed by atoms with Crippen LogP contribution in [-0.2, 0) is 31.0 Å². The molecule has 0 heterocycles. The van der Waals surface area contributed by atoms with Crippen LogP contribution in [0.3, 0.4) is 0 Å². The van der Waals surface area contributed by atoms with Gasteiger partial charge in [0, 0.05) is 12.1 Å². The van der Waals surface area contributed by atoms with E-state index in [1.165, 1.54) is 13.2 Å². The number of rotatable bonds is 7. The van der Waals surface area contributed by atoms with Crippen molar-refractivity contribution in [2.24, 2.45) is 0 Å². The predicted molar refractivity (Wildman–Crippen MR) is 107 cm³/mol. The van der Waals surface area contributed by atoms with E-state index in [4.69, 9.17) is 4.74 Å². The summed E-state index contributed by atoms with van der Waals surface area (Å²) >= 11 is 0. The quantitative estimate of drug-likeness (QED) is 0.705. The molecule has 1 aliphatic carbocycles. The minimum Gasteiger partial charge on any atom is -0.465 e. The summed E-state index contributed by atoms with van der Waals surface area (Å²) in [5.74, 6) is -1.89. The standard InChI is InChI=1S/C23H24FNO5/c1-29-21(27)17-10-8-16(9-11-17)14-25-20(26)15-30-22(28)23(12-4-5-13-23)18-6-2-3-7-19(18)24/h2-3,6-11H,4-5,12-15H2,1H3,(H,25,26). The number of carbonyl (C=O) groups is 3. The van der Waals surface area contributed by atoms with Gasteiger partial charge in [-0.15, -0.1) is 0 Å². The summed E-state index contributed by atoms with van der Waals surface area (Å²) in [5, 5.41) is 2.66. The predicted octanol–water partition coefficient (Wildman–Crippen LogP) is 3.28. The third-order valence-electron chi connectivity index (χ3n) is 5.44. The molecule has 6 nitrogen and oxygen atoms in total. The van der Waals surface area contributed by atoms with Gasteiger partial charge in [-0.3, -0.25) is 9.59 Å². The Morgan fingerprint density at radius 1 is 1.03 bits per heavy atom. The summed E-state index contributed by atoms with van der Waals surface area (Å²) in [4.78, 5) is 36.4. The number of hydrogen-bond acceptors (Lipinski definition) is 5. The molecule has 0 aliphatic heterocycles. The molecular weight excluding hydrogens is 389 g/mol. The van der Waals surface area contributed by atoms with Crippen LogP contribution < -0.4 is 5.32 Å². The van der Waals surface area contributed by atoms with E-state index < -0.39 is 35.7 Å². The molecule has 1 fully saturated rings. The van der Waals surface area contributed by atoms with Crippen molar-refractivity contribution in [2.45, 2.75) is 37.6 Å². The van der Waals surface area contributed by atoms with Gasteiger partial charge in [-0.25, -0.2) is 9.18 Å². The average molecular weight is 413 g/mol. The first kappa shape index (κ1) is 21.5. The van der Waals surface area contributed by atoms with Crippen LogP contribution in [0.2, 0.25) is 0 Å². The molecule has 3 rings (SSSR count). The van der Waals surface area contributed by atoms with E-state index in [2.05, 4.69) is 10.1 Å². The summed E-state index contributed by atoms with van der Waals surface area (Å²) in [5.41, 5.74) is 0.492. The number of methoxy groups -OCH3 is 1. The molecule has 0 saturated heterocycles. The van der Waals surface area contributed by atoms with Crippen molar-refractivity contribution in [1.29, 1.82) is 0 Å². The highest BCUT2D eigenvalue weighted by atomic mass is 19.1. The van der Waals surface area contributed by atoms with Gasteiger partial charge in [0.05, 0.1) is 18.1 Å². The number of esters is 2. The molecule has 1 amide bonds. The lowest BCUT2D eigenvalue weighted by Crippen LogP contribution is -2.38. The molecule has 0 spiro atoms. The SMILES string of the molecule is COC(=O)c1ccc(CNC(=O)COC(=O)C2(c3ccccc3F)CCCC2)cc1. The molecular formula is C23H24FNO5. The topological polar surface area (TPSA) is 81.7 Å². The van der Waals surface area contributed by atoms with Crippen molar-refractivity contribution >= 4 is 17.8 Å². The maximum Gasteiger partial charge on any atom is 0.337 e. The molecule has 0 radical (unpaired) electrons. The van der Waals surface area contributed by atoms with Gasteiger partial charge in [-0.1, -0.05) is 43.2 Å². The Balaban J connectivity index is 1.55. The maximum atomic E-state index is 14.3. The van der Waals surface area contributed by atoms with Crippen LogP contribution >= 0.6 is 0 Å². The maximum absolute atomic E-state index is 14.3. The first-order chi connectivity index (χ1) is 14.5. The van der Waals surface area contributed by atoms with E-state index in [0.717, 1.165) is 18.4 Å². The van der Waals surface area contributed by atoms with Gasteiger partial charge in [-0.2, -0.15) is 0 Å². The van der Waals surface area contributed by atoms with Gasteiger partial charge < -0.3 is 14.8 Å². The molecule has 1 N–H and O–H groups in total. The summed E-state index contributed by atoms with van der Waals surface area (Å²) in [6.45, 7) is -0.217. The van der Waals surface area contributed by atoms with Gasteiger partial charge in [-0.05, 0) is 36.6 Å². The molecule has 30 heavy (non-hydrogen) atoms. The molecule has 2 aromatic carbocycles. The lowest BCUT2D eigenvalue weighted by molar-refractivity contribution is -0.154. The first-order valence-electron chi connectivity index (χ1n) is 9.82.